The summed E-state index contributed by atoms with van der Waals surface area (Å²) in [6, 6.07) is 2.22. The zero-order valence-electron chi connectivity index (χ0n) is 14.1. The lowest BCUT2D eigenvalue weighted by molar-refractivity contribution is -0.130. The van der Waals surface area contributed by atoms with Gasteiger partial charge in [-0.3, -0.25) is 4.79 Å². The number of carbonyl (C=O) groups excluding carboxylic acids is 1. The third-order valence-corrected chi connectivity index (χ3v) is 4.62. The monoisotopic (exact) mass is 328 g/mol. The van der Waals surface area contributed by atoms with E-state index in [0.717, 1.165) is 31.5 Å². The van der Waals surface area contributed by atoms with E-state index in [1.165, 1.54) is 5.57 Å². The maximum atomic E-state index is 12.7. The Labute approximate surface area is 148 Å². The molecule has 0 N–H and O–H groups in total. The summed E-state index contributed by atoms with van der Waals surface area (Å²) in [5, 5.41) is 9.29. The van der Waals surface area contributed by atoms with E-state index >= 15 is 0 Å². The first-order valence-corrected chi connectivity index (χ1v) is 8.57. The number of likely N-dealkylation sites (tertiary alicyclic amines) is 1. The highest BCUT2D eigenvalue weighted by molar-refractivity contribution is 5.81. The summed E-state index contributed by atoms with van der Waals surface area (Å²) in [5.41, 5.74) is 8.80. The first kappa shape index (κ1) is 16.8. The lowest BCUT2D eigenvalue weighted by Gasteiger charge is -2.17. The SMILES string of the molecule is N#CC1=CC=C=CC=C1CC1CCN(CCC2=CC=CC=C=C2)C1=O. The van der Waals surface area contributed by atoms with E-state index in [1.807, 2.05) is 35.3 Å². The molecule has 0 aromatic rings. The minimum absolute atomic E-state index is 0.0343. The highest BCUT2D eigenvalue weighted by Crippen LogP contribution is 2.29. The smallest absolute Gasteiger partial charge is 0.226 e. The summed E-state index contributed by atoms with van der Waals surface area (Å²) in [6.07, 6.45) is 19.4. The van der Waals surface area contributed by atoms with Crippen molar-refractivity contribution in [1.29, 1.82) is 5.26 Å². The third kappa shape index (κ3) is 4.28. The Balaban J connectivity index is 1.59. The number of allylic oxidation sites excluding steroid dienone is 9. The Morgan fingerprint density at radius 3 is 2.92 bits per heavy atom. The molecular formula is C22H20N2O. The molecule has 2 aliphatic carbocycles. The van der Waals surface area contributed by atoms with Crippen LogP contribution in [0.3, 0.4) is 0 Å². The maximum absolute atomic E-state index is 12.7. The van der Waals surface area contributed by atoms with E-state index in [1.54, 1.807) is 18.2 Å². The first-order valence-electron chi connectivity index (χ1n) is 8.57. The van der Waals surface area contributed by atoms with Gasteiger partial charge < -0.3 is 4.90 Å². The van der Waals surface area contributed by atoms with Crippen molar-refractivity contribution in [3.05, 3.63) is 82.9 Å². The molecule has 3 aliphatic rings. The molecule has 0 bridgehead atoms. The van der Waals surface area contributed by atoms with Crippen molar-refractivity contribution in [3.8, 4) is 6.07 Å². The number of nitriles is 1. The lowest BCUT2D eigenvalue weighted by atomic mass is 9.93. The zero-order chi connectivity index (χ0) is 17.5. The normalized spacial score (nSPS) is 21.6. The predicted octanol–water partition coefficient (Wildman–Crippen LogP) is 3.92. The van der Waals surface area contributed by atoms with E-state index in [9.17, 15) is 10.1 Å². The number of rotatable bonds is 5. The van der Waals surface area contributed by atoms with Crippen LogP contribution in [0.2, 0.25) is 0 Å². The van der Waals surface area contributed by atoms with Crippen LogP contribution in [0.15, 0.2) is 82.9 Å². The second-order valence-corrected chi connectivity index (χ2v) is 6.25. The zero-order valence-corrected chi connectivity index (χ0v) is 14.1. The minimum atomic E-state index is -0.0343. The van der Waals surface area contributed by atoms with Crippen molar-refractivity contribution < 1.29 is 4.79 Å². The van der Waals surface area contributed by atoms with Crippen LogP contribution >= 0.6 is 0 Å². The highest BCUT2D eigenvalue weighted by Gasteiger charge is 2.32. The topological polar surface area (TPSA) is 44.1 Å². The molecule has 25 heavy (non-hydrogen) atoms. The second-order valence-electron chi connectivity index (χ2n) is 6.25. The minimum Gasteiger partial charge on any atom is -0.342 e. The summed E-state index contributed by atoms with van der Waals surface area (Å²) in [6.45, 7) is 1.52. The molecule has 3 rings (SSSR count). The molecule has 1 atom stereocenters. The van der Waals surface area contributed by atoms with Crippen molar-refractivity contribution in [1.82, 2.24) is 4.90 Å². The lowest BCUT2D eigenvalue weighted by Crippen LogP contribution is -2.28. The standard InChI is InChI=1S/C22H20N2O/c23-17-21-11-7-3-6-10-19(21)16-20-13-15-24(22(20)25)14-12-18-8-4-1-2-5-9-18/h1-2,4,6-11,20H,12-16H2. The Morgan fingerprint density at radius 2 is 2.04 bits per heavy atom. The summed E-state index contributed by atoms with van der Waals surface area (Å²) in [5.74, 6) is 0.164. The van der Waals surface area contributed by atoms with E-state index in [-0.39, 0.29) is 11.8 Å². The Kier molecular flexibility index (Phi) is 5.50. The molecule has 0 saturated carbocycles. The maximum Gasteiger partial charge on any atom is 0.226 e. The van der Waals surface area contributed by atoms with Crippen molar-refractivity contribution in [2.75, 3.05) is 13.1 Å². The molecule has 3 heteroatoms. The fraction of sp³-hybridized carbons (Fsp3) is 0.273. The molecule has 0 aromatic heterocycles. The summed E-state index contributed by atoms with van der Waals surface area (Å²) in [4.78, 5) is 14.6. The molecule has 1 aliphatic heterocycles. The molecule has 1 unspecified atom stereocenters. The van der Waals surface area contributed by atoms with Gasteiger partial charge in [0.15, 0.2) is 0 Å². The van der Waals surface area contributed by atoms with Gasteiger partial charge in [-0.1, -0.05) is 18.2 Å². The molecule has 1 saturated heterocycles. The molecule has 1 amide bonds. The molecule has 0 radical (unpaired) electrons. The summed E-state index contributed by atoms with van der Waals surface area (Å²) in [7, 11) is 0. The third-order valence-electron chi connectivity index (χ3n) is 4.62. The van der Waals surface area contributed by atoms with Gasteiger partial charge in [-0.15, -0.1) is 11.5 Å². The van der Waals surface area contributed by atoms with Crippen LogP contribution in [0.5, 0.6) is 0 Å². The molecule has 124 valence electrons. The van der Waals surface area contributed by atoms with Gasteiger partial charge in [-0.25, -0.2) is 0 Å². The van der Waals surface area contributed by atoms with E-state index in [4.69, 9.17) is 0 Å². The van der Waals surface area contributed by atoms with Gasteiger partial charge in [-0.05, 0) is 66.9 Å². The number of amides is 1. The predicted molar refractivity (Wildman–Crippen MR) is 98.2 cm³/mol. The average molecular weight is 328 g/mol. The Bertz CT molecular complexity index is 845. The second kappa shape index (κ2) is 8.18. The van der Waals surface area contributed by atoms with Crippen LogP contribution in [0.1, 0.15) is 19.3 Å². The van der Waals surface area contributed by atoms with Gasteiger partial charge in [0, 0.05) is 19.0 Å². The van der Waals surface area contributed by atoms with Gasteiger partial charge in [0.25, 0.3) is 0 Å². The quantitative estimate of drug-likeness (QED) is 0.718. The molecule has 0 aromatic carbocycles. The van der Waals surface area contributed by atoms with Gasteiger partial charge in [-0.2, -0.15) is 5.26 Å². The van der Waals surface area contributed by atoms with Crippen LogP contribution < -0.4 is 0 Å². The Morgan fingerprint density at radius 1 is 1.16 bits per heavy atom. The molecule has 1 heterocycles. The molecular weight excluding hydrogens is 308 g/mol. The summed E-state index contributed by atoms with van der Waals surface area (Å²) >= 11 is 0. The van der Waals surface area contributed by atoms with Crippen LogP contribution in [-0.4, -0.2) is 23.9 Å². The fourth-order valence-corrected chi connectivity index (χ4v) is 3.21. The van der Waals surface area contributed by atoms with Crippen LogP contribution in [0.4, 0.5) is 0 Å². The van der Waals surface area contributed by atoms with Crippen molar-refractivity contribution >= 4 is 5.91 Å². The van der Waals surface area contributed by atoms with Crippen molar-refractivity contribution in [2.24, 2.45) is 5.92 Å². The number of nitrogens with zero attached hydrogens (tertiary/aromatic N) is 2. The molecule has 3 nitrogen and oxygen atoms in total. The average Bonchev–Trinajstić information content (AvgIpc) is 2.85. The summed E-state index contributed by atoms with van der Waals surface area (Å²) < 4.78 is 0. The Hall–Kier alpha value is -3.04. The van der Waals surface area contributed by atoms with Crippen molar-refractivity contribution in [2.45, 2.75) is 19.3 Å². The largest absolute Gasteiger partial charge is 0.342 e. The van der Waals surface area contributed by atoms with Crippen LogP contribution in [0.25, 0.3) is 0 Å². The fourth-order valence-electron chi connectivity index (χ4n) is 3.21. The number of hydrogen-bond acceptors (Lipinski definition) is 2. The van der Waals surface area contributed by atoms with Gasteiger partial charge >= 0.3 is 0 Å². The first-order chi connectivity index (χ1) is 12.3. The highest BCUT2D eigenvalue weighted by atomic mass is 16.2. The molecule has 0 spiro atoms. The van der Waals surface area contributed by atoms with Crippen LogP contribution in [-0.2, 0) is 4.79 Å². The number of hydrogen-bond donors (Lipinski definition) is 0. The van der Waals surface area contributed by atoms with E-state index in [0.29, 0.717) is 12.0 Å². The van der Waals surface area contributed by atoms with E-state index < -0.39 is 0 Å². The number of carbonyl (C=O) groups is 1. The van der Waals surface area contributed by atoms with Gasteiger partial charge in [0.1, 0.15) is 0 Å². The van der Waals surface area contributed by atoms with Gasteiger partial charge in [0.2, 0.25) is 5.91 Å². The van der Waals surface area contributed by atoms with Gasteiger partial charge in [0.05, 0.1) is 11.6 Å². The molecule has 1 fully saturated rings. The van der Waals surface area contributed by atoms with Crippen LogP contribution in [0, 0.1) is 17.2 Å². The van der Waals surface area contributed by atoms with Crippen molar-refractivity contribution in [3.63, 3.8) is 0 Å². The van der Waals surface area contributed by atoms with E-state index in [2.05, 4.69) is 23.6 Å².